The molecule has 112 valence electrons. The number of carbonyl (C=O) groups is 4. The summed E-state index contributed by atoms with van der Waals surface area (Å²) >= 11 is 0. The van der Waals surface area contributed by atoms with Crippen molar-refractivity contribution < 1.29 is 19.2 Å². The van der Waals surface area contributed by atoms with E-state index in [0.717, 1.165) is 32.0 Å². The molecule has 0 saturated carbocycles. The molecule has 0 spiro atoms. The van der Waals surface area contributed by atoms with Crippen LogP contribution < -0.4 is 0 Å². The van der Waals surface area contributed by atoms with Crippen molar-refractivity contribution in [1.29, 1.82) is 0 Å². The molecule has 0 atom stereocenters. The van der Waals surface area contributed by atoms with Gasteiger partial charge in [0.25, 0.3) is 11.8 Å². The van der Waals surface area contributed by atoms with Gasteiger partial charge in [-0.05, 0) is 12.8 Å². The lowest BCUT2D eigenvalue weighted by Gasteiger charge is -2.16. The maximum Gasteiger partial charge on any atom is 0.253 e. The molecule has 21 heavy (non-hydrogen) atoms. The number of hydrogen-bond donors (Lipinski definition) is 0. The lowest BCUT2D eigenvalue weighted by molar-refractivity contribution is -0.137. The summed E-state index contributed by atoms with van der Waals surface area (Å²) in [6, 6.07) is 0. The highest BCUT2D eigenvalue weighted by Gasteiger charge is 2.22. The molecule has 0 aromatic carbocycles. The minimum absolute atomic E-state index is 0.101. The Labute approximate surface area is 123 Å². The second kappa shape index (κ2) is 6.97. The van der Waals surface area contributed by atoms with Crippen molar-refractivity contribution in [3.63, 3.8) is 0 Å². The van der Waals surface area contributed by atoms with E-state index in [4.69, 9.17) is 0 Å². The molecule has 0 aromatic heterocycles. The SMILES string of the molecule is O=CC1=CC(=O)N(CCCCCCN2C(=O)C=CC2=O)C1. The van der Waals surface area contributed by atoms with Crippen LogP contribution in [0.25, 0.3) is 0 Å². The molecule has 2 aliphatic rings. The number of nitrogens with zero attached hydrogens (tertiary/aromatic N) is 2. The van der Waals surface area contributed by atoms with Crippen molar-refractivity contribution in [3.8, 4) is 0 Å². The van der Waals surface area contributed by atoms with Crippen LogP contribution in [0.2, 0.25) is 0 Å². The van der Waals surface area contributed by atoms with Crippen LogP contribution in [0.1, 0.15) is 25.7 Å². The number of imide groups is 1. The lowest BCUT2D eigenvalue weighted by atomic mass is 10.2. The van der Waals surface area contributed by atoms with E-state index in [0.29, 0.717) is 25.2 Å². The minimum Gasteiger partial charge on any atom is -0.335 e. The van der Waals surface area contributed by atoms with Gasteiger partial charge in [-0.1, -0.05) is 12.8 Å². The monoisotopic (exact) mass is 290 g/mol. The molecule has 3 amide bonds. The number of amides is 3. The first-order valence-electron chi connectivity index (χ1n) is 7.10. The van der Waals surface area contributed by atoms with Gasteiger partial charge < -0.3 is 4.90 Å². The largest absolute Gasteiger partial charge is 0.335 e. The van der Waals surface area contributed by atoms with Gasteiger partial charge in [0, 0.05) is 43.4 Å². The maximum atomic E-state index is 11.5. The summed E-state index contributed by atoms with van der Waals surface area (Å²) in [6.07, 6.45) is 8.12. The fraction of sp³-hybridized carbons (Fsp3) is 0.467. The second-order valence-electron chi connectivity index (χ2n) is 5.17. The number of unbranched alkanes of at least 4 members (excludes halogenated alkanes) is 3. The van der Waals surface area contributed by atoms with E-state index in [1.165, 1.54) is 23.1 Å². The van der Waals surface area contributed by atoms with Gasteiger partial charge in [-0.3, -0.25) is 24.1 Å². The average molecular weight is 290 g/mol. The Kier molecular flexibility index (Phi) is 5.03. The van der Waals surface area contributed by atoms with Crippen LogP contribution in [0.15, 0.2) is 23.8 Å². The Morgan fingerprint density at radius 1 is 0.905 bits per heavy atom. The minimum atomic E-state index is -0.241. The van der Waals surface area contributed by atoms with Crippen molar-refractivity contribution in [3.05, 3.63) is 23.8 Å². The van der Waals surface area contributed by atoms with E-state index in [-0.39, 0.29) is 17.7 Å². The number of aldehydes is 1. The first-order chi connectivity index (χ1) is 10.1. The van der Waals surface area contributed by atoms with E-state index in [2.05, 4.69) is 0 Å². The Morgan fingerprint density at radius 3 is 2.10 bits per heavy atom. The van der Waals surface area contributed by atoms with E-state index in [1.807, 2.05) is 0 Å². The second-order valence-corrected chi connectivity index (χ2v) is 5.17. The van der Waals surface area contributed by atoms with Crippen LogP contribution in [0, 0.1) is 0 Å². The summed E-state index contributed by atoms with van der Waals surface area (Å²) in [6.45, 7) is 1.49. The van der Waals surface area contributed by atoms with Gasteiger partial charge >= 0.3 is 0 Å². The van der Waals surface area contributed by atoms with Crippen molar-refractivity contribution in [2.75, 3.05) is 19.6 Å². The smallest absolute Gasteiger partial charge is 0.253 e. The lowest BCUT2D eigenvalue weighted by Crippen LogP contribution is -2.30. The molecule has 0 bridgehead atoms. The molecule has 2 heterocycles. The fourth-order valence-corrected chi connectivity index (χ4v) is 2.43. The maximum absolute atomic E-state index is 11.5. The first-order valence-corrected chi connectivity index (χ1v) is 7.10. The van der Waals surface area contributed by atoms with Crippen LogP contribution >= 0.6 is 0 Å². The van der Waals surface area contributed by atoms with Gasteiger partial charge in [-0.15, -0.1) is 0 Å². The molecular weight excluding hydrogens is 272 g/mol. The van der Waals surface area contributed by atoms with Gasteiger partial charge in [0.1, 0.15) is 6.29 Å². The predicted molar refractivity (Wildman–Crippen MR) is 75.1 cm³/mol. The Hall–Kier alpha value is -2.24. The van der Waals surface area contributed by atoms with Crippen LogP contribution in [-0.4, -0.2) is 53.4 Å². The van der Waals surface area contributed by atoms with Crippen molar-refractivity contribution >= 4 is 24.0 Å². The molecule has 2 rings (SSSR count). The molecule has 0 radical (unpaired) electrons. The van der Waals surface area contributed by atoms with Crippen LogP contribution in [-0.2, 0) is 19.2 Å². The van der Waals surface area contributed by atoms with Crippen molar-refractivity contribution in [2.24, 2.45) is 0 Å². The molecule has 6 nitrogen and oxygen atoms in total. The number of carbonyl (C=O) groups excluding carboxylic acids is 4. The van der Waals surface area contributed by atoms with Crippen molar-refractivity contribution in [2.45, 2.75) is 25.7 Å². The predicted octanol–water partition coefficient (Wildman–Crippen LogP) is 0.439. The number of rotatable bonds is 8. The third kappa shape index (κ3) is 3.87. The fourth-order valence-electron chi connectivity index (χ4n) is 2.43. The molecule has 0 aliphatic carbocycles. The zero-order valence-corrected chi connectivity index (χ0v) is 11.8. The molecule has 0 aromatic rings. The molecule has 2 aliphatic heterocycles. The molecule has 0 saturated heterocycles. The average Bonchev–Trinajstić information content (AvgIpc) is 2.98. The topological polar surface area (TPSA) is 74.8 Å². The van der Waals surface area contributed by atoms with E-state index in [9.17, 15) is 19.2 Å². The highest BCUT2D eigenvalue weighted by Crippen LogP contribution is 2.11. The van der Waals surface area contributed by atoms with Gasteiger partial charge in [0.2, 0.25) is 5.91 Å². The normalized spacial score (nSPS) is 17.9. The molecule has 0 N–H and O–H groups in total. The van der Waals surface area contributed by atoms with Crippen LogP contribution in [0.5, 0.6) is 0 Å². The zero-order chi connectivity index (χ0) is 15.2. The Balaban J connectivity index is 1.55. The first kappa shape index (κ1) is 15.2. The molecular formula is C15H18N2O4. The van der Waals surface area contributed by atoms with E-state index >= 15 is 0 Å². The summed E-state index contributed by atoms with van der Waals surface area (Å²) in [4.78, 5) is 47.6. The van der Waals surface area contributed by atoms with Gasteiger partial charge in [-0.25, -0.2) is 0 Å². The molecule has 6 heteroatoms. The van der Waals surface area contributed by atoms with E-state index < -0.39 is 0 Å². The highest BCUT2D eigenvalue weighted by molar-refractivity contribution is 6.12. The van der Waals surface area contributed by atoms with Crippen LogP contribution in [0.3, 0.4) is 0 Å². The Morgan fingerprint density at radius 2 is 1.52 bits per heavy atom. The van der Waals surface area contributed by atoms with Crippen molar-refractivity contribution in [1.82, 2.24) is 9.80 Å². The van der Waals surface area contributed by atoms with Crippen LogP contribution in [0.4, 0.5) is 0 Å². The van der Waals surface area contributed by atoms with Gasteiger partial charge in [0.15, 0.2) is 0 Å². The quantitative estimate of drug-likeness (QED) is 0.369. The number of hydrogen-bond acceptors (Lipinski definition) is 4. The molecule has 0 fully saturated rings. The standard InChI is InChI=1S/C15H18N2O4/c18-11-12-9-15(21)16(10-12)7-3-1-2-4-8-17-13(19)5-6-14(17)20/h5-6,9,11H,1-4,7-8,10H2. The summed E-state index contributed by atoms with van der Waals surface area (Å²) < 4.78 is 0. The molecule has 0 unspecified atom stereocenters. The highest BCUT2D eigenvalue weighted by atomic mass is 16.2. The van der Waals surface area contributed by atoms with Gasteiger partial charge in [0.05, 0.1) is 0 Å². The Bertz CT molecular complexity index is 504. The summed E-state index contributed by atoms with van der Waals surface area (Å²) in [5, 5.41) is 0. The summed E-state index contributed by atoms with van der Waals surface area (Å²) in [5.74, 6) is -0.582. The third-order valence-electron chi connectivity index (χ3n) is 3.61. The van der Waals surface area contributed by atoms with E-state index in [1.54, 1.807) is 4.90 Å². The summed E-state index contributed by atoms with van der Waals surface area (Å²) in [5.41, 5.74) is 0.526. The zero-order valence-electron chi connectivity index (χ0n) is 11.8. The third-order valence-corrected chi connectivity index (χ3v) is 3.61. The summed E-state index contributed by atoms with van der Waals surface area (Å²) in [7, 11) is 0. The van der Waals surface area contributed by atoms with Gasteiger partial charge in [-0.2, -0.15) is 0 Å².